The van der Waals surface area contributed by atoms with Crippen molar-refractivity contribution in [2.75, 3.05) is 7.05 Å². The minimum absolute atomic E-state index is 0.0521. The molecule has 0 aliphatic rings. The van der Waals surface area contributed by atoms with Crippen LogP contribution in [-0.2, 0) is 16.6 Å². The summed E-state index contributed by atoms with van der Waals surface area (Å²) < 4.78 is 27.9. The van der Waals surface area contributed by atoms with Crippen LogP contribution in [0.25, 0.3) is 21.5 Å². The summed E-state index contributed by atoms with van der Waals surface area (Å²) in [5, 5.41) is 15.2. The highest BCUT2D eigenvalue weighted by molar-refractivity contribution is 7.89. The van der Waals surface area contributed by atoms with Crippen LogP contribution in [0.5, 0.6) is 0 Å². The summed E-state index contributed by atoms with van der Waals surface area (Å²) in [6.45, 7) is 1.78. The zero-order valence-electron chi connectivity index (χ0n) is 16.6. The Morgan fingerprint density at radius 2 is 1.47 bits per heavy atom. The van der Waals surface area contributed by atoms with Crippen LogP contribution < -0.4 is 0 Å². The Morgan fingerprint density at radius 3 is 2.03 bits per heavy atom. The summed E-state index contributed by atoms with van der Waals surface area (Å²) in [6, 6.07) is 21.7. The molecule has 0 saturated carbocycles. The second kappa shape index (κ2) is 7.51. The molecule has 4 rings (SSSR count). The lowest BCUT2D eigenvalue weighted by atomic mass is 9.97. The van der Waals surface area contributed by atoms with Crippen molar-refractivity contribution in [3.63, 3.8) is 0 Å². The van der Waals surface area contributed by atoms with Gasteiger partial charge in [-0.05, 0) is 45.7 Å². The molecular formula is C23H20N2O4S. The van der Waals surface area contributed by atoms with Crippen molar-refractivity contribution in [2.24, 2.45) is 0 Å². The molecule has 152 valence electrons. The number of sulfonamides is 1. The van der Waals surface area contributed by atoms with Gasteiger partial charge in [0.15, 0.2) is 0 Å². The van der Waals surface area contributed by atoms with E-state index in [2.05, 4.69) is 6.07 Å². The topological polar surface area (TPSA) is 80.5 Å². The molecule has 0 aliphatic heterocycles. The van der Waals surface area contributed by atoms with E-state index < -0.39 is 14.9 Å². The highest BCUT2D eigenvalue weighted by Crippen LogP contribution is 2.31. The highest BCUT2D eigenvalue weighted by Gasteiger charge is 2.26. The van der Waals surface area contributed by atoms with Crippen molar-refractivity contribution >= 4 is 37.3 Å². The molecular weight excluding hydrogens is 400 g/mol. The van der Waals surface area contributed by atoms with Crippen molar-refractivity contribution in [3.05, 3.63) is 94.0 Å². The van der Waals surface area contributed by atoms with Crippen LogP contribution in [-0.4, -0.2) is 24.7 Å². The number of aryl methyl sites for hydroxylation is 1. The maximum absolute atomic E-state index is 13.3. The van der Waals surface area contributed by atoms with E-state index in [1.807, 2.05) is 48.5 Å². The fourth-order valence-electron chi connectivity index (χ4n) is 3.73. The lowest BCUT2D eigenvalue weighted by Crippen LogP contribution is -2.27. The van der Waals surface area contributed by atoms with Gasteiger partial charge in [0.1, 0.15) is 0 Å². The number of fused-ring (bicyclic) bond motifs is 2. The summed E-state index contributed by atoms with van der Waals surface area (Å²) in [7, 11) is -2.43. The summed E-state index contributed by atoms with van der Waals surface area (Å²) >= 11 is 0. The normalized spacial score (nSPS) is 12.0. The van der Waals surface area contributed by atoms with Crippen molar-refractivity contribution < 1.29 is 13.3 Å². The first kappa shape index (κ1) is 20.0. The molecule has 0 radical (unpaired) electrons. The maximum atomic E-state index is 13.3. The van der Waals surface area contributed by atoms with Gasteiger partial charge in [0, 0.05) is 25.7 Å². The number of nitro groups is 1. The Morgan fingerprint density at radius 1 is 0.900 bits per heavy atom. The van der Waals surface area contributed by atoms with Crippen molar-refractivity contribution in [1.82, 2.24) is 4.31 Å². The van der Waals surface area contributed by atoms with E-state index >= 15 is 0 Å². The predicted octanol–water partition coefficient (Wildman–Crippen LogP) is 5.03. The number of nitrogens with zero attached hydrogens (tertiary/aromatic N) is 2. The Kier molecular flexibility index (Phi) is 5.01. The summed E-state index contributed by atoms with van der Waals surface area (Å²) in [6.07, 6.45) is 0. The molecule has 4 aromatic carbocycles. The molecule has 0 amide bonds. The Balaban J connectivity index is 1.84. The minimum atomic E-state index is -3.93. The van der Waals surface area contributed by atoms with Crippen LogP contribution in [0.15, 0.2) is 77.7 Å². The maximum Gasteiger partial charge on any atom is 0.270 e. The third-order valence-corrected chi connectivity index (χ3v) is 7.28. The van der Waals surface area contributed by atoms with Gasteiger partial charge in [0.2, 0.25) is 10.0 Å². The average Bonchev–Trinajstić information content (AvgIpc) is 2.73. The van der Waals surface area contributed by atoms with Crippen LogP contribution in [0.4, 0.5) is 5.69 Å². The van der Waals surface area contributed by atoms with Gasteiger partial charge in [-0.15, -0.1) is 0 Å². The van der Waals surface area contributed by atoms with Gasteiger partial charge in [0.25, 0.3) is 5.69 Å². The molecule has 0 aliphatic carbocycles. The number of benzene rings is 4. The third-order valence-electron chi connectivity index (χ3n) is 5.33. The predicted molar refractivity (Wildman–Crippen MR) is 118 cm³/mol. The van der Waals surface area contributed by atoms with Gasteiger partial charge >= 0.3 is 0 Å². The molecule has 0 saturated heterocycles. The second-order valence-corrected chi connectivity index (χ2v) is 9.28. The van der Waals surface area contributed by atoms with E-state index in [4.69, 9.17) is 0 Å². The molecule has 0 heterocycles. The number of nitro benzene ring substituents is 1. The van der Waals surface area contributed by atoms with Crippen LogP contribution >= 0.6 is 0 Å². The molecule has 6 nitrogen and oxygen atoms in total. The van der Waals surface area contributed by atoms with Gasteiger partial charge in [-0.3, -0.25) is 10.1 Å². The van der Waals surface area contributed by atoms with Gasteiger partial charge in [-0.25, -0.2) is 8.42 Å². The van der Waals surface area contributed by atoms with Crippen molar-refractivity contribution in [1.29, 1.82) is 0 Å². The summed E-state index contributed by atoms with van der Waals surface area (Å²) in [5.74, 6) is 0. The first-order valence-electron chi connectivity index (χ1n) is 9.40. The molecule has 7 heteroatoms. The molecule has 0 fully saturated rings. The SMILES string of the molecule is Cc1ccc([N+](=O)[O-])cc1S(=O)(=O)N(C)Cc1c2ccccc2cc2ccccc12. The Bertz CT molecular complexity index is 1340. The van der Waals surface area contributed by atoms with Crippen LogP contribution in [0.1, 0.15) is 11.1 Å². The minimum Gasteiger partial charge on any atom is -0.258 e. The second-order valence-electron chi connectivity index (χ2n) is 7.27. The molecule has 4 aromatic rings. The summed E-state index contributed by atoms with van der Waals surface area (Å²) in [4.78, 5) is 10.5. The van der Waals surface area contributed by atoms with E-state index in [9.17, 15) is 18.5 Å². The first-order valence-corrected chi connectivity index (χ1v) is 10.8. The molecule has 30 heavy (non-hydrogen) atoms. The van der Waals surface area contributed by atoms with Gasteiger partial charge in [-0.2, -0.15) is 4.31 Å². The smallest absolute Gasteiger partial charge is 0.258 e. The highest BCUT2D eigenvalue weighted by atomic mass is 32.2. The van der Waals surface area contributed by atoms with E-state index in [-0.39, 0.29) is 17.1 Å². The molecule has 0 aromatic heterocycles. The lowest BCUT2D eigenvalue weighted by molar-refractivity contribution is -0.385. The van der Waals surface area contributed by atoms with Crippen LogP contribution in [0, 0.1) is 17.0 Å². The van der Waals surface area contributed by atoms with E-state index in [1.165, 1.54) is 23.5 Å². The largest absolute Gasteiger partial charge is 0.270 e. The molecule has 0 spiro atoms. The Labute approximate surface area is 174 Å². The molecule has 0 unspecified atom stereocenters. The van der Waals surface area contributed by atoms with Crippen LogP contribution in [0.2, 0.25) is 0 Å². The zero-order valence-corrected chi connectivity index (χ0v) is 17.4. The van der Waals surface area contributed by atoms with Crippen molar-refractivity contribution in [3.8, 4) is 0 Å². The number of non-ortho nitro benzene ring substituents is 1. The monoisotopic (exact) mass is 420 g/mol. The van der Waals surface area contributed by atoms with Crippen LogP contribution in [0.3, 0.4) is 0 Å². The van der Waals surface area contributed by atoms with E-state index in [1.54, 1.807) is 6.92 Å². The lowest BCUT2D eigenvalue weighted by Gasteiger charge is -2.21. The quantitative estimate of drug-likeness (QED) is 0.258. The third kappa shape index (κ3) is 3.42. The standard InChI is InChI=1S/C23H20N2O4S/c1-16-11-12-19(25(26)27)14-23(16)30(28,29)24(2)15-22-20-9-5-3-7-17(20)13-18-8-4-6-10-21(18)22/h3-14H,15H2,1-2H3. The van der Waals surface area contributed by atoms with Gasteiger partial charge in [-0.1, -0.05) is 54.6 Å². The first-order chi connectivity index (χ1) is 14.3. The fourth-order valence-corrected chi connectivity index (χ4v) is 5.11. The zero-order chi connectivity index (χ0) is 21.5. The van der Waals surface area contributed by atoms with E-state index in [0.717, 1.165) is 33.2 Å². The van der Waals surface area contributed by atoms with E-state index in [0.29, 0.717) is 5.56 Å². The summed E-state index contributed by atoms with van der Waals surface area (Å²) in [5.41, 5.74) is 1.12. The number of rotatable bonds is 5. The molecule has 0 bridgehead atoms. The Hall–Kier alpha value is -3.29. The fraction of sp³-hybridized carbons (Fsp3) is 0.130. The average molecular weight is 420 g/mol. The van der Waals surface area contributed by atoms with Gasteiger partial charge in [0.05, 0.1) is 9.82 Å². The number of hydrogen-bond acceptors (Lipinski definition) is 4. The molecule has 0 N–H and O–H groups in total. The van der Waals surface area contributed by atoms with Crippen molar-refractivity contribution in [2.45, 2.75) is 18.4 Å². The number of hydrogen-bond donors (Lipinski definition) is 0. The molecule has 0 atom stereocenters. The van der Waals surface area contributed by atoms with Gasteiger partial charge < -0.3 is 0 Å².